The van der Waals surface area contributed by atoms with Crippen LogP contribution in [0.3, 0.4) is 0 Å². The summed E-state index contributed by atoms with van der Waals surface area (Å²) in [6.45, 7) is 3.75. The molecule has 0 amide bonds. The zero-order valence-electron chi connectivity index (χ0n) is 12.2. The molecule has 0 aromatic heterocycles. The normalized spacial score (nSPS) is 10.4. The van der Waals surface area contributed by atoms with E-state index in [0.29, 0.717) is 23.2 Å². The highest BCUT2D eigenvalue weighted by Crippen LogP contribution is 2.26. The Labute approximate surface area is 137 Å². The van der Waals surface area contributed by atoms with Crippen molar-refractivity contribution in [1.29, 1.82) is 0 Å². The van der Waals surface area contributed by atoms with Crippen LogP contribution in [0.5, 0.6) is 11.5 Å². The van der Waals surface area contributed by atoms with Crippen LogP contribution in [0, 0.1) is 0 Å². The molecule has 0 atom stereocenters. The third kappa shape index (κ3) is 3.95. The van der Waals surface area contributed by atoms with E-state index in [9.17, 15) is 9.59 Å². The number of rotatable bonds is 5. The zero-order chi connectivity index (χ0) is 16.1. The molecule has 0 aliphatic heterocycles. The van der Waals surface area contributed by atoms with Crippen molar-refractivity contribution in [2.75, 3.05) is 0 Å². The van der Waals surface area contributed by atoms with Gasteiger partial charge in [0, 0.05) is 4.47 Å². The summed E-state index contributed by atoms with van der Waals surface area (Å²) in [4.78, 5) is 23.4. The molecule has 114 valence electrons. The summed E-state index contributed by atoms with van der Waals surface area (Å²) in [7, 11) is 0. The van der Waals surface area contributed by atoms with Crippen molar-refractivity contribution in [2.24, 2.45) is 0 Å². The molecule has 5 heteroatoms. The molecule has 0 fully saturated rings. The summed E-state index contributed by atoms with van der Waals surface area (Å²) in [5, 5.41) is 0. The minimum atomic E-state index is -0.578. The van der Waals surface area contributed by atoms with Crippen LogP contribution in [0.15, 0.2) is 46.9 Å². The Morgan fingerprint density at radius 1 is 1.14 bits per heavy atom. The fourth-order valence-electron chi connectivity index (χ4n) is 1.84. The lowest BCUT2D eigenvalue weighted by Gasteiger charge is -2.14. The minimum absolute atomic E-state index is 0.0741. The van der Waals surface area contributed by atoms with Gasteiger partial charge in [0.1, 0.15) is 17.1 Å². The van der Waals surface area contributed by atoms with Gasteiger partial charge in [-0.15, -0.1) is 0 Å². The van der Waals surface area contributed by atoms with Crippen LogP contribution >= 0.6 is 15.9 Å². The molecule has 4 nitrogen and oxygen atoms in total. The Morgan fingerprint density at radius 2 is 1.86 bits per heavy atom. The van der Waals surface area contributed by atoms with Crippen molar-refractivity contribution >= 4 is 28.2 Å². The molecule has 0 N–H and O–H groups in total. The van der Waals surface area contributed by atoms with Gasteiger partial charge in [-0.05, 0) is 44.2 Å². The van der Waals surface area contributed by atoms with Crippen LogP contribution < -0.4 is 9.47 Å². The Kier molecular flexibility index (Phi) is 5.33. The SMILES string of the molecule is CC(C)Oc1ccc(Br)cc1C(=O)Oc1ccccc1C=O. The molecule has 2 rings (SSSR count). The molecule has 0 heterocycles. The average Bonchev–Trinajstić information content (AvgIpc) is 2.49. The molecule has 0 aliphatic rings. The summed E-state index contributed by atoms with van der Waals surface area (Å²) < 4.78 is 11.7. The molecule has 2 aromatic carbocycles. The third-order valence-electron chi connectivity index (χ3n) is 2.77. The first-order valence-corrected chi connectivity index (χ1v) is 7.53. The number of aldehydes is 1. The van der Waals surface area contributed by atoms with Crippen molar-refractivity contribution in [3.63, 3.8) is 0 Å². The number of para-hydroxylation sites is 1. The average molecular weight is 363 g/mol. The topological polar surface area (TPSA) is 52.6 Å². The van der Waals surface area contributed by atoms with Gasteiger partial charge in [0.25, 0.3) is 0 Å². The molecule has 0 bridgehead atoms. The molecule has 0 aliphatic carbocycles. The van der Waals surface area contributed by atoms with Crippen LogP contribution in [-0.2, 0) is 0 Å². The standard InChI is InChI=1S/C17H15BrO4/c1-11(2)21-16-8-7-13(18)9-14(16)17(20)22-15-6-4-3-5-12(15)10-19/h3-11H,1-2H3. The molecule has 0 spiro atoms. The van der Waals surface area contributed by atoms with Gasteiger partial charge in [0.2, 0.25) is 0 Å². The second-order valence-electron chi connectivity index (χ2n) is 4.85. The van der Waals surface area contributed by atoms with Crippen LogP contribution in [0.4, 0.5) is 0 Å². The first kappa shape index (κ1) is 16.2. The van der Waals surface area contributed by atoms with Crippen LogP contribution in [0.2, 0.25) is 0 Å². The summed E-state index contributed by atoms with van der Waals surface area (Å²) >= 11 is 3.32. The Hall–Kier alpha value is -2.14. The predicted molar refractivity (Wildman–Crippen MR) is 86.7 cm³/mol. The molecule has 22 heavy (non-hydrogen) atoms. The minimum Gasteiger partial charge on any atom is -0.490 e. The number of ether oxygens (including phenoxy) is 2. The lowest BCUT2D eigenvalue weighted by atomic mass is 10.2. The zero-order valence-corrected chi connectivity index (χ0v) is 13.8. The second-order valence-corrected chi connectivity index (χ2v) is 5.77. The van der Waals surface area contributed by atoms with Gasteiger partial charge in [-0.1, -0.05) is 28.1 Å². The quantitative estimate of drug-likeness (QED) is 0.452. The fourth-order valence-corrected chi connectivity index (χ4v) is 2.21. The number of hydrogen-bond donors (Lipinski definition) is 0. The molecule has 2 aromatic rings. The third-order valence-corrected chi connectivity index (χ3v) is 3.27. The molecule has 0 radical (unpaired) electrons. The van der Waals surface area contributed by atoms with Gasteiger partial charge in [0.15, 0.2) is 6.29 Å². The number of esters is 1. The summed E-state index contributed by atoms with van der Waals surface area (Å²) in [6, 6.07) is 11.7. The Balaban J connectivity index is 2.32. The highest BCUT2D eigenvalue weighted by Gasteiger charge is 2.17. The maximum absolute atomic E-state index is 12.4. The van der Waals surface area contributed by atoms with Crippen LogP contribution in [-0.4, -0.2) is 18.4 Å². The van der Waals surface area contributed by atoms with Crippen LogP contribution in [0.1, 0.15) is 34.6 Å². The van der Waals surface area contributed by atoms with Gasteiger partial charge in [-0.2, -0.15) is 0 Å². The predicted octanol–water partition coefficient (Wildman–Crippen LogP) is 4.27. The molecule has 0 unspecified atom stereocenters. The first-order valence-electron chi connectivity index (χ1n) is 6.74. The van der Waals surface area contributed by atoms with E-state index in [1.165, 1.54) is 0 Å². The maximum Gasteiger partial charge on any atom is 0.347 e. The van der Waals surface area contributed by atoms with E-state index in [0.717, 1.165) is 4.47 Å². The lowest BCUT2D eigenvalue weighted by Crippen LogP contribution is -2.14. The number of halogens is 1. The number of hydrogen-bond acceptors (Lipinski definition) is 4. The fraction of sp³-hybridized carbons (Fsp3) is 0.176. The maximum atomic E-state index is 12.4. The highest BCUT2D eigenvalue weighted by atomic mass is 79.9. The van der Waals surface area contributed by atoms with E-state index >= 15 is 0 Å². The van der Waals surface area contributed by atoms with Gasteiger partial charge in [0.05, 0.1) is 11.7 Å². The smallest absolute Gasteiger partial charge is 0.347 e. The molecular weight excluding hydrogens is 348 g/mol. The van der Waals surface area contributed by atoms with Crippen molar-refractivity contribution in [3.8, 4) is 11.5 Å². The van der Waals surface area contributed by atoms with E-state index in [1.54, 1.807) is 42.5 Å². The molecule has 0 saturated carbocycles. The van der Waals surface area contributed by atoms with Crippen molar-refractivity contribution < 1.29 is 19.1 Å². The van der Waals surface area contributed by atoms with Gasteiger partial charge in [-0.3, -0.25) is 4.79 Å². The number of carbonyl (C=O) groups excluding carboxylic acids is 2. The second kappa shape index (κ2) is 7.22. The van der Waals surface area contributed by atoms with Gasteiger partial charge < -0.3 is 9.47 Å². The van der Waals surface area contributed by atoms with E-state index in [-0.39, 0.29) is 11.9 Å². The van der Waals surface area contributed by atoms with E-state index in [2.05, 4.69) is 15.9 Å². The highest BCUT2D eigenvalue weighted by molar-refractivity contribution is 9.10. The van der Waals surface area contributed by atoms with Crippen molar-refractivity contribution in [2.45, 2.75) is 20.0 Å². The summed E-state index contributed by atoms with van der Waals surface area (Å²) in [5.41, 5.74) is 0.612. The number of benzene rings is 2. The Bertz CT molecular complexity index is 695. The number of carbonyl (C=O) groups is 2. The summed E-state index contributed by atoms with van der Waals surface area (Å²) in [5.74, 6) is 0.0796. The summed E-state index contributed by atoms with van der Waals surface area (Å²) in [6.07, 6.45) is 0.574. The van der Waals surface area contributed by atoms with Crippen molar-refractivity contribution in [3.05, 3.63) is 58.1 Å². The molecule has 0 saturated heterocycles. The van der Waals surface area contributed by atoms with Crippen molar-refractivity contribution in [1.82, 2.24) is 0 Å². The largest absolute Gasteiger partial charge is 0.490 e. The van der Waals surface area contributed by atoms with E-state index in [1.807, 2.05) is 13.8 Å². The van der Waals surface area contributed by atoms with E-state index in [4.69, 9.17) is 9.47 Å². The van der Waals surface area contributed by atoms with Gasteiger partial charge >= 0.3 is 5.97 Å². The lowest BCUT2D eigenvalue weighted by molar-refractivity contribution is 0.0727. The van der Waals surface area contributed by atoms with Crippen LogP contribution in [0.25, 0.3) is 0 Å². The monoisotopic (exact) mass is 362 g/mol. The Morgan fingerprint density at radius 3 is 2.55 bits per heavy atom. The van der Waals surface area contributed by atoms with E-state index < -0.39 is 5.97 Å². The van der Waals surface area contributed by atoms with Gasteiger partial charge in [-0.25, -0.2) is 4.79 Å². The molecular formula is C17H15BrO4. The first-order chi connectivity index (χ1) is 10.5.